The summed E-state index contributed by atoms with van der Waals surface area (Å²) in [5.41, 5.74) is 4.91. The van der Waals surface area contributed by atoms with E-state index < -0.39 is 15.9 Å². The molecule has 3 aromatic carbocycles. The zero-order valence-corrected chi connectivity index (χ0v) is 21.9. The fourth-order valence-electron chi connectivity index (χ4n) is 3.64. The topological polar surface area (TPSA) is 83.6 Å². The first-order valence-electron chi connectivity index (χ1n) is 11.4. The number of amides is 1. The van der Waals surface area contributed by atoms with Crippen LogP contribution >= 0.6 is 0 Å². The van der Waals surface area contributed by atoms with Gasteiger partial charge in [0, 0.05) is 16.8 Å². The molecule has 0 aliphatic rings. The van der Waals surface area contributed by atoms with Crippen molar-refractivity contribution in [1.82, 2.24) is 0 Å². The van der Waals surface area contributed by atoms with Gasteiger partial charge in [-0.05, 0) is 60.2 Å². The van der Waals surface area contributed by atoms with Gasteiger partial charge in [0.25, 0.3) is 0 Å². The molecule has 7 heteroatoms. The molecule has 1 amide bonds. The normalized spacial score (nSPS) is 11.7. The van der Waals surface area contributed by atoms with Crippen LogP contribution in [0.5, 0.6) is 0 Å². The predicted molar refractivity (Wildman–Crippen MR) is 142 cm³/mol. The Kier molecular flexibility index (Phi) is 7.50. The fraction of sp³-hybridized carbons (Fsp3) is 0.286. The summed E-state index contributed by atoms with van der Waals surface area (Å²) in [6.07, 6.45) is 1.07. The summed E-state index contributed by atoms with van der Waals surface area (Å²) in [7, 11) is -3.69. The number of carbonyl (C=O) groups excluding carboxylic acids is 2. The second-order valence-electron chi connectivity index (χ2n) is 9.82. The van der Waals surface area contributed by atoms with E-state index in [2.05, 4.69) is 26.1 Å². The summed E-state index contributed by atoms with van der Waals surface area (Å²) in [5, 5.41) is 2.72. The van der Waals surface area contributed by atoms with Crippen LogP contribution in [0.25, 0.3) is 0 Å². The molecule has 3 rings (SSSR count). The van der Waals surface area contributed by atoms with Crippen LogP contribution in [0.1, 0.15) is 53.4 Å². The molecule has 0 heterocycles. The van der Waals surface area contributed by atoms with Gasteiger partial charge in [-0.2, -0.15) is 0 Å². The molecular weight excluding hydrogens is 460 g/mol. The molecule has 0 spiro atoms. The van der Waals surface area contributed by atoms with E-state index in [-0.39, 0.29) is 17.7 Å². The maximum Gasteiger partial charge on any atom is 0.245 e. The molecule has 0 saturated heterocycles. The number of hydrogen-bond donors (Lipinski definition) is 1. The van der Waals surface area contributed by atoms with E-state index in [0.717, 1.165) is 27.3 Å². The Morgan fingerprint density at radius 1 is 0.857 bits per heavy atom. The largest absolute Gasteiger partial charge is 0.324 e. The lowest BCUT2D eigenvalue weighted by Gasteiger charge is -2.22. The van der Waals surface area contributed by atoms with E-state index in [1.165, 1.54) is 0 Å². The molecule has 1 N–H and O–H groups in total. The number of aryl methyl sites for hydroxylation is 2. The van der Waals surface area contributed by atoms with Crippen LogP contribution in [0.4, 0.5) is 11.4 Å². The lowest BCUT2D eigenvalue weighted by atomic mass is 9.86. The molecule has 0 aliphatic carbocycles. The van der Waals surface area contributed by atoms with E-state index in [0.29, 0.717) is 22.5 Å². The quantitative estimate of drug-likeness (QED) is 0.458. The summed E-state index contributed by atoms with van der Waals surface area (Å²) >= 11 is 0. The first-order valence-corrected chi connectivity index (χ1v) is 13.2. The minimum absolute atomic E-state index is 0.0110. The van der Waals surface area contributed by atoms with Crippen molar-refractivity contribution in [2.24, 2.45) is 0 Å². The molecule has 0 saturated carbocycles. The number of carbonyl (C=O) groups is 2. The zero-order chi connectivity index (χ0) is 26.0. The molecule has 0 bridgehead atoms. The van der Waals surface area contributed by atoms with Crippen molar-refractivity contribution in [2.45, 2.75) is 40.0 Å². The lowest BCUT2D eigenvalue weighted by Crippen LogP contribution is -2.37. The van der Waals surface area contributed by atoms with E-state index >= 15 is 0 Å². The lowest BCUT2D eigenvalue weighted by molar-refractivity contribution is -0.114. The first-order chi connectivity index (χ1) is 16.3. The summed E-state index contributed by atoms with van der Waals surface area (Å²) in [4.78, 5) is 25.8. The second kappa shape index (κ2) is 10.0. The minimum Gasteiger partial charge on any atom is -0.324 e. The Morgan fingerprint density at radius 3 is 2.09 bits per heavy atom. The van der Waals surface area contributed by atoms with E-state index in [1.54, 1.807) is 36.4 Å². The number of anilines is 2. The zero-order valence-electron chi connectivity index (χ0n) is 21.0. The molecule has 0 radical (unpaired) electrons. The van der Waals surface area contributed by atoms with Gasteiger partial charge in [0.1, 0.15) is 6.54 Å². The second-order valence-corrected chi connectivity index (χ2v) is 11.7. The van der Waals surface area contributed by atoms with Gasteiger partial charge in [-0.25, -0.2) is 8.42 Å². The molecule has 0 atom stereocenters. The predicted octanol–water partition coefficient (Wildman–Crippen LogP) is 5.24. The van der Waals surface area contributed by atoms with Gasteiger partial charge in [0.15, 0.2) is 5.78 Å². The van der Waals surface area contributed by atoms with Crippen LogP contribution in [-0.4, -0.2) is 32.9 Å². The third-order valence-corrected chi connectivity index (χ3v) is 7.03. The summed E-state index contributed by atoms with van der Waals surface area (Å²) < 4.78 is 25.9. The number of sulfonamides is 1. The highest BCUT2D eigenvalue weighted by Crippen LogP contribution is 2.24. The van der Waals surface area contributed by atoms with Crippen LogP contribution in [-0.2, 0) is 20.2 Å². The molecule has 6 nitrogen and oxygen atoms in total. The first kappa shape index (κ1) is 26.2. The molecule has 184 valence electrons. The number of nitrogens with one attached hydrogen (secondary N) is 1. The maximum atomic E-state index is 13.0. The molecule has 0 fully saturated rings. The van der Waals surface area contributed by atoms with E-state index in [1.807, 2.05) is 44.2 Å². The van der Waals surface area contributed by atoms with Gasteiger partial charge in [-0.1, -0.05) is 63.2 Å². The summed E-state index contributed by atoms with van der Waals surface area (Å²) in [6.45, 7) is 9.78. The van der Waals surface area contributed by atoms with Crippen molar-refractivity contribution in [3.63, 3.8) is 0 Å². The average molecular weight is 493 g/mol. The van der Waals surface area contributed by atoms with Crippen molar-refractivity contribution < 1.29 is 18.0 Å². The van der Waals surface area contributed by atoms with Gasteiger partial charge in [-0.3, -0.25) is 13.9 Å². The molecule has 0 unspecified atom stereocenters. The fourth-order valence-corrected chi connectivity index (χ4v) is 4.49. The van der Waals surface area contributed by atoms with Crippen LogP contribution < -0.4 is 9.62 Å². The SMILES string of the molecule is Cc1ccc(N(CC(=O)Nc2cccc(C(=O)c3ccc(C(C)(C)C)cc3)c2)S(C)(=O)=O)cc1C. The van der Waals surface area contributed by atoms with Crippen molar-refractivity contribution in [3.05, 3.63) is 94.5 Å². The van der Waals surface area contributed by atoms with Crippen LogP contribution in [0.2, 0.25) is 0 Å². The summed E-state index contributed by atoms with van der Waals surface area (Å²) in [6, 6.07) is 19.4. The van der Waals surface area contributed by atoms with Gasteiger partial charge < -0.3 is 5.32 Å². The highest BCUT2D eigenvalue weighted by Gasteiger charge is 2.22. The molecule has 0 aromatic heterocycles. The summed E-state index contributed by atoms with van der Waals surface area (Å²) in [5.74, 6) is -0.665. The van der Waals surface area contributed by atoms with Crippen molar-refractivity contribution in [3.8, 4) is 0 Å². The number of benzene rings is 3. The van der Waals surface area contributed by atoms with E-state index in [4.69, 9.17) is 0 Å². The van der Waals surface area contributed by atoms with Crippen LogP contribution in [0, 0.1) is 13.8 Å². The number of rotatable bonds is 7. The monoisotopic (exact) mass is 492 g/mol. The molecule has 3 aromatic rings. The van der Waals surface area contributed by atoms with Crippen LogP contribution in [0.15, 0.2) is 66.7 Å². The Bertz CT molecular complexity index is 1350. The highest BCUT2D eigenvalue weighted by molar-refractivity contribution is 7.92. The van der Waals surface area contributed by atoms with Gasteiger partial charge in [-0.15, -0.1) is 0 Å². The van der Waals surface area contributed by atoms with E-state index in [9.17, 15) is 18.0 Å². The van der Waals surface area contributed by atoms with Crippen LogP contribution in [0.3, 0.4) is 0 Å². The Balaban J connectivity index is 1.77. The molecule has 35 heavy (non-hydrogen) atoms. The highest BCUT2D eigenvalue weighted by atomic mass is 32.2. The third kappa shape index (κ3) is 6.57. The van der Waals surface area contributed by atoms with Crippen molar-refractivity contribution in [2.75, 3.05) is 22.4 Å². The smallest absolute Gasteiger partial charge is 0.245 e. The van der Waals surface area contributed by atoms with Gasteiger partial charge in [0.05, 0.1) is 11.9 Å². The maximum absolute atomic E-state index is 13.0. The Labute approximate surface area is 208 Å². The standard InChI is InChI=1S/C28H32N2O4S/c1-19-10-15-25(16-20(19)2)30(35(6,33)34)18-26(31)29-24-9-7-8-22(17-24)27(32)21-11-13-23(14-12-21)28(3,4)5/h7-17H,18H2,1-6H3,(H,29,31). The minimum atomic E-state index is -3.69. The van der Waals surface area contributed by atoms with Crippen molar-refractivity contribution >= 4 is 33.1 Å². The van der Waals surface area contributed by atoms with Gasteiger partial charge >= 0.3 is 0 Å². The van der Waals surface area contributed by atoms with Crippen molar-refractivity contribution in [1.29, 1.82) is 0 Å². The molecule has 0 aliphatic heterocycles. The Morgan fingerprint density at radius 2 is 1.51 bits per heavy atom. The third-order valence-electron chi connectivity index (χ3n) is 5.89. The number of hydrogen-bond acceptors (Lipinski definition) is 4. The number of nitrogens with zero attached hydrogens (tertiary/aromatic N) is 1. The number of ketones is 1. The van der Waals surface area contributed by atoms with Gasteiger partial charge in [0.2, 0.25) is 15.9 Å². The molecular formula is C28H32N2O4S. The Hall–Kier alpha value is -3.45. The average Bonchev–Trinajstić information content (AvgIpc) is 2.78.